The SMILES string of the molecule is COc1cc(OC)cc(C(O)CCC2CC2)c1. The van der Waals surface area contributed by atoms with Crippen LogP contribution < -0.4 is 9.47 Å². The van der Waals surface area contributed by atoms with Gasteiger partial charge in [0, 0.05) is 6.07 Å². The first kappa shape index (κ1) is 12.2. The molecule has 0 heterocycles. The fourth-order valence-electron chi connectivity index (χ4n) is 1.99. The van der Waals surface area contributed by atoms with Crippen LogP contribution in [0.2, 0.25) is 0 Å². The number of hydrogen-bond donors (Lipinski definition) is 1. The van der Waals surface area contributed by atoms with Crippen LogP contribution in [0.4, 0.5) is 0 Å². The topological polar surface area (TPSA) is 38.7 Å². The highest BCUT2D eigenvalue weighted by Gasteiger charge is 2.22. The van der Waals surface area contributed by atoms with E-state index >= 15 is 0 Å². The lowest BCUT2D eigenvalue weighted by Crippen LogP contribution is -1.99. The highest BCUT2D eigenvalue weighted by Crippen LogP contribution is 2.36. The third-order valence-electron chi connectivity index (χ3n) is 3.30. The fourth-order valence-corrected chi connectivity index (χ4v) is 1.99. The van der Waals surface area contributed by atoms with Crippen LogP contribution in [0, 0.1) is 5.92 Å². The summed E-state index contributed by atoms with van der Waals surface area (Å²) in [6, 6.07) is 5.57. The Morgan fingerprint density at radius 3 is 2.24 bits per heavy atom. The summed E-state index contributed by atoms with van der Waals surface area (Å²) in [7, 11) is 3.24. The van der Waals surface area contributed by atoms with Gasteiger partial charge in [-0.1, -0.05) is 12.8 Å². The average molecular weight is 236 g/mol. The lowest BCUT2D eigenvalue weighted by atomic mass is 10.0. The molecule has 1 aromatic rings. The van der Waals surface area contributed by atoms with E-state index in [1.807, 2.05) is 18.2 Å². The summed E-state index contributed by atoms with van der Waals surface area (Å²) in [4.78, 5) is 0. The van der Waals surface area contributed by atoms with Gasteiger partial charge in [0.15, 0.2) is 0 Å². The number of aliphatic hydroxyl groups is 1. The molecule has 0 radical (unpaired) electrons. The molecule has 1 saturated carbocycles. The first-order valence-corrected chi connectivity index (χ1v) is 6.14. The van der Waals surface area contributed by atoms with E-state index in [-0.39, 0.29) is 0 Å². The van der Waals surface area contributed by atoms with Gasteiger partial charge >= 0.3 is 0 Å². The van der Waals surface area contributed by atoms with Gasteiger partial charge in [-0.3, -0.25) is 0 Å². The maximum atomic E-state index is 10.1. The van der Waals surface area contributed by atoms with Crippen molar-refractivity contribution in [3.8, 4) is 11.5 Å². The molecule has 0 saturated heterocycles. The molecule has 17 heavy (non-hydrogen) atoms. The Kier molecular flexibility index (Phi) is 3.89. The molecular formula is C14H20O3. The predicted molar refractivity (Wildman–Crippen MR) is 66.5 cm³/mol. The van der Waals surface area contributed by atoms with Gasteiger partial charge in [0.25, 0.3) is 0 Å². The number of methoxy groups -OCH3 is 2. The third kappa shape index (κ3) is 3.37. The van der Waals surface area contributed by atoms with Crippen molar-refractivity contribution in [2.45, 2.75) is 31.8 Å². The Labute approximate surface area is 102 Å². The molecule has 3 heteroatoms. The Bertz CT molecular complexity index is 349. The van der Waals surface area contributed by atoms with E-state index in [0.29, 0.717) is 0 Å². The lowest BCUT2D eigenvalue weighted by molar-refractivity contribution is 0.161. The van der Waals surface area contributed by atoms with Crippen molar-refractivity contribution < 1.29 is 14.6 Å². The van der Waals surface area contributed by atoms with Crippen LogP contribution in [0.25, 0.3) is 0 Å². The molecule has 1 aliphatic rings. The number of aliphatic hydroxyl groups excluding tert-OH is 1. The molecule has 1 unspecified atom stereocenters. The van der Waals surface area contributed by atoms with Gasteiger partial charge in [0.2, 0.25) is 0 Å². The molecule has 3 nitrogen and oxygen atoms in total. The first-order valence-electron chi connectivity index (χ1n) is 6.14. The van der Waals surface area contributed by atoms with Crippen molar-refractivity contribution in [1.82, 2.24) is 0 Å². The highest BCUT2D eigenvalue weighted by molar-refractivity contribution is 5.39. The largest absolute Gasteiger partial charge is 0.497 e. The van der Waals surface area contributed by atoms with Crippen molar-refractivity contribution in [2.24, 2.45) is 5.92 Å². The molecule has 0 aromatic heterocycles. The zero-order valence-corrected chi connectivity index (χ0v) is 10.5. The summed E-state index contributed by atoms with van der Waals surface area (Å²) in [6.45, 7) is 0. The minimum Gasteiger partial charge on any atom is -0.497 e. The van der Waals surface area contributed by atoms with Gasteiger partial charge in [-0.25, -0.2) is 0 Å². The lowest BCUT2D eigenvalue weighted by Gasteiger charge is -2.13. The smallest absolute Gasteiger partial charge is 0.122 e. The molecule has 1 fully saturated rings. The standard InChI is InChI=1S/C14H20O3/c1-16-12-7-11(8-13(9-12)17-2)14(15)6-5-10-3-4-10/h7-10,14-15H,3-6H2,1-2H3. The van der Waals surface area contributed by atoms with Crippen molar-refractivity contribution in [3.05, 3.63) is 23.8 Å². The van der Waals surface area contributed by atoms with Crippen molar-refractivity contribution in [2.75, 3.05) is 14.2 Å². The zero-order valence-electron chi connectivity index (χ0n) is 10.5. The van der Waals surface area contributed by atoms with Crippen molar-refractivity contribution >= 4 is 0 Å². The summed E-state index contributed by atoms with van der Waals surface area (Å²) >= 11 is 0. The molecule has 0 bridgehead atoms. The number of rotatable bonds is 6. The normalized spacial score (nSPS) is 16.6. The van der Waals surface area contributed by atoms with Gasteiger partial charge in [0.05, 0.1) is 20.3 Å². The Hall–Kier alpha value is -1.22. The Morgan fingerprint density at radius 1 is 1.18 bits per heavy atom. The summed E-state index contributed by atoms with van der Waals surface area (Å²) in [5, 5.41) is 10.1. The summed E-state index contributed by atoms with van der Waals surface area (Å²) in [6.07, 6.45) is 4.17. The van der Waals surface area contributed by atoms with Crippen molar-refractivity contribution in [1.29, 1.82) is 0 Å². The van der Waals surface area contributed by atoms with Crippen LogP contribution in [0.15, 0.2) is 18.2 Å². The van der Waals surface area contributed by atoms with Gasteiger partial charge in [-0.05, 0) is 36.5 Å². The van der Waals surface area contributed by atoms with Crippen LogP contribution in [0.3, 0.4) is 0 Å². The van der Waals surface area contributed by atoms with E-state index in [1.54, 1.807) is 14.2 Å². The van der Waals surface area contributed by atoms with E-state index in [4.69, 9.17) is 9.47 Å². The predicted octanol–water partition coefficient (Wildman–Crippen LogP) is 2.93. The van der Waals surface area contributed by atoms with E-state index in [0.717, 1.165) is 35.8 Å². The van der Waals surface area contributed by atoms with E-state index < -0.39 is 6.10 Å². The molecule has 0 aliphatic heterocycles. The van der Waals surface area contributed by atoms with Crippen LogP contribution in [0.5, 0.6) is 11.5 Å². The average Bonchev–Trinajstić information content (AvgIpc) is 3.19. The molecular weight excluding hydrogens is 216 g/mol. The summed E-state index contributed by atoms with van der Waals surface area (Å²) in [5.74, 6) is 2.30. The zero-order chi connectivity index (χ0) is 12.3. The van der Waals surface area contributed by atoms with Crippen LogP contribution in [-0.4, -0.2) is 19.3 Å². The van der Waals surface area contributed by atoms with Gasteiger partial charge < -0.3 is 14.6 Å². The number of benzene rings is 1. The molecule has 2 rings (SSSR count). The molecule has 1 atom stereocenters. The quantitative estimate of drug-likeness (QED) is 0.825. The third-order valence-corrected chi connectivity index (χ3v) is 3.30. The molecule has 0 spiro atoms. The second kappa shape index (κ2) is 5.41. The molecule has 1 aromatic carbocycles. The molecule has 1 aliphatic carbocycles. The van der Waals surface area contributed by atoms with E-state index in [2.05, 4.69) is 0 Å². The van der Waals surface area contributed by atoms with E-state index in [9.17, 15) is 5.11 Å². The molecule has 0 amide bonds. The second-order valence-electron chi connectivity index (χ2n) is 4.68. The Morgan fingerprint density at radius 2 is 1.76 bits per heavy atom. The van der Waals surface area contributed by atoms with Crippen LogP contribution in [0.1, 0.15) is 37.4 Å². The first-order chi connectivity index (χ1) is 8.22. The van der Waals surface area contributed by atoms with Gasteiger partial charge in [-0.15, -0.1) is 0 Å². The summed E-state index contributed by atoms with van der Waals surface area (Å²) < 4.78 is 10.4. The van der Waals surface area contributed by atoms with Crippen LogP contribution >= 0.6 is 0 Å². The van der Waals surface area contributed by atoms with E-state index in [1.165, 1.54) is 12.8 Å². The monoisotopic (exact) mass is 236 g/mol. The Balaban J connectivity index is 2.05. The molecule has 94 valence electrons. The number of hydrogen-bond acceptors (Lipinski definition) is 3. The van der Waals surface area contributed by atoms with Crippen molar-refractivity contribution in [3.63, 3.8) is 0 Å². The minimum absolute atomic E-state index is 0.417. The van der Waals surface area contributed by atoms with Gasteiger partial charge in [0.1, 0.15) is 11.5 Å². The maximum Gasteiger partial charge on any atom is 0.122 e. The minimum atomic E-state index is -0.417. The fraction of sp³-hybridized carbons (Fsp3) is 0.571. The van der Waals surface area contributed by atoms with Crippen LogP contribution in [-0.2, 0) is 0 Å². The van der Waals surface area contributed by atoms with Gasteiger partial charge in [-0.2, -0.15) is 0 Å². The second-order valence-corrected chi connectivity index (χ2v) is 4.68. The summed E-state index contributed by atoms with van der Waals surface area (Å²) in [5.41, 5.74) is 0.877. The molecule has 1 N–H and O–H groups in total. The highest BCUT2D eigenvalue weighted by atomic mass is 16.5. The maximum absolute atomic E-state index is 10.1. The number of ether oxygens (including phenoxy) is 2.